The summed E-state index contributed by atoms with van der Waals surface area (Å²) in [6.07, 6.45) is 1.60. The van der Waals surface area contributed by atoms with Crippen molar-refractivity contribution in [1.29, 1.82) is 0 Å². The van der Waals surface area contributed by atoms with Crippen molar-refractivity contribution in [2.75, 3.05) is 32.7 Å². The highest BCUT2D eigenvalue weighted by atomic mass is 16.3. The quantitative estimate of drug-likeness (QED) is 0.797. The fourth-order valence-electron chi connectivity index (χ4n) is 3.49. The van der Waals surface area contributed by atoms with Crippen molar-refractivity contribution >= 4 is 22.7 Å². The number of aliphatic hydroxyl groups excluding tert-OH is 1. The lowest BCUT2D eigenvalue weighted by molar-refractivity contribution is -0.131. The summed E-state index contributed by atoms with van der Waals surface area (Å²) in [4.78, 5) is 27.3. The number of primary amides is 1. The van der Waals surface area contributed by atoms with Gasteiger partial charge in [0.2, 0.25) is 11.8 Å². The van der Waals surface area contributed by atoms with E-state index in [0.29, 0.717) is 26.1 Å². The van der Waals surface area contributed by atoms with Crippen LogP contribution in [0.25, 0.3) is 10.9 Å². The fourth-order valence-corrected chi connectivity index (χ4v) is 3.49. The van der Waals surface area contributed by atoms with E-state index >= 15 is 0 Å². The van der Waals surface area contributed by atoms with Crippen LogP contribution in [-0.4, -0.2) is 70.1 Å². The normalized spacial score (nSPS) is 19.1. The van der Waals surface area contributed by atoms with E-state index in [2.05, 4.69) is 0 Å². The number of aromatic nitrogens is 1. The first-order valence-corrected chi connectivity index (χ1v) is 8.43. The third-order valence-electron chi connectivity index (χ3n) is 4.64. The number of aliphatic hydroxyl groups is 1. The van der Waals surface area contributed by atoms with E-state index in [4.69, 9.17) is 5.73 Å². The Labute approximate surface area is 146 Å². The number of hydrogen-bond donors (Lipinski definition) is 2. The van der Waals surface area contributed by atoms with E-state index in [1.807, 2.05) is 42.1 Å². The maximum atomic E-state index is 12.7. The van der Waals surface area contributed by atoms with E-state index in [-0.39, 0.29) is 19.0 Å². The second-order valence-electron chi connectivity index (χ2n) is 6.65. The average molecular weight is 344 g/mol. The van der Waals surface area contributed by atoms with Gasteiger partial charge in [-0.1, -0.05) is 18.2 Å². The van der Waals surface area contributed by atoms with Gasteiger partial charge in [-0.25, -0.2) is 0 Å². The number of β-amino-alcohol motifs (C(OH)–C–C–N with tert-alkyl or cyclic N) is 1. The van der Waals surface area contributed by atoms with Gasteiger partial charge in [0.1, 0.15) is 0 Å². The molecule has 2 heterocycles. The van der Waals surface area contributed by atoms with Gasteiger partial charge in [-0.15, -0.1) is 0 Å². The van der Waals surface area contributed by atoms with Crippen LogP contribution < -0.4 is 5.73 Å². The van der Waals surface area contributed by atoms with Crippen LogP contribution in [0.4, 0.5) is 0 Å². The molecule has 2 aromatic rings. The first kappa shape index (κ1) is 17.4. The molecular formula is C18H24N4O3. The molecule has 1 atom stereocenters. The van der Waals surface area contributed by atoms with Gasteiger partial charge in [-0.3, -0.25) is 14.5 Å². The highest BCUT2D eigenvalue weighted by Gasteiger charge is 2.25. The summed E-state index contributed by atoms with van der Waals surface area (Å²) in [5, 5.41) is 11.2. The Morgan fingerprint density at radius 1 is 1.24 bits per heavy atom. The zero-order valence-corrected chi connectivity index (χ0v) is 14.4. The number of carbonyl (C=O) groups is 2. The molecule has 1 saturated heterocycles. The summed E-state index contributed by atoms with van der Waals surface area (Å²) in [7, 11) is 1.97. The molecule has 0 unspecified atom stereocenters. The van der Waals surface area contributed by atoms with Crippen LogP contribution in [-0.2, 0) is 23.1 Å². The summed E-state index contributed by atoms with van der Waals surface area (Å²) in [6.45, 7) is 1.73. The molecule has 0 saturated carbocycles. The fraction of sp³-hybridized carbons (Fsp3) is 0.444. The van der Waals surface area contributed by atoms with E-state index < -0.39 is 12.0 Å². The molecule has 1 aromatic heterocycles. The lowest BCUT2D eigenvalue weighted by atomic mass is 10.1. The standard InChI is InChI=1S/C18H24N4O3/c1-20-9-13(15-4-2-3-5-16(15)20)8-18(25)22-7-6-21(12-17(19)24)10-14(23)11-22/h2-5,9,14,23H,6-8,10-12H2,1H3,(H2,19,24)/t14-/m0/s1. The molecule has 1 aromatic carbocycles. The van der Waals surface area contributed by atoms with E-state index in [1.54, 1.807) is 9.80 Å². The third kappa shape index (κ3) is 4.00. The van der Waals surface area contributed by atoms with Crippen LogP contribution in [0.1, 0.15) is 5.56 Å². The molecule has 1 aliphatic heterocycles. The van der Waals surface area contributed by atoms with Crippen molar-refractivity contribution in [3.63, 3.8) is 0 Å². The van der Waals surface area contributed by atoms with Crippen molar-refractivity contribution in [2.45, 2.75) is 12.5 Å². The van der Waals surface area contributed by atoms with Crippen molar-refractivity contribution in [2.24, 2.45) is 12.8 Å². The Hall–Kier alpha value is -2.38. The minimum absolute atomic E-state index is 0.0173. The first-order valence-electron chi connectivity index (χ1n) is 8.43. The topological polar surface area (TPSA) is 91.8 Å². The average Bonchev–Trinajstić information content (AvgIpc) is 2.74. The van der Waals surface area contributed by atoms with Crippen LogP contribution >= 0.6 is 0 Å². The molecule has 2 amide bonds. The van der Waals surface area contributed by atoms with Gasteiger partial charge in [-0.2, -0.15) is 0 Å². The zero-order chi connectivity index (χ0) is 18.0. The zero-order valence-electron chi connectivity index (χ0n) is 14.4. The molecule has 3 rings (SSSR count). The highest BCUT2D eigenvalue weighted by Crippen LogP contribution is 2.21. The van der Waals surface area contributed by atoms with Crippen molar-refractivity contribution in [3.8, 4) is 0 Å². The van der Waals surface area contributed by atoms with E-state index in [9.17, 15) is 14.7 Å². The van der Waals surface area contributed by atoms with Crippen LogP contribution in [0.15, 0.2) is 30.5 Å². The van der Waals surface area contributed by atoms with Crippen molar-refractivity contribution in [3.05, 3.63) is 36.0 Å². The highest BCUT2D eigenvalue weighted by molar-refractivity contribution is 5.89. The molecule has 1 fully saturated rings. The Balaban J connectivity index is 1.71. The Morgan fingerprint density at radius 3 is 2.76 bits per heavy atom. The molecule has 7 nitrogen and oxygen atoms in total. The number of amides is 2. The van der Waals surface area contributed by atoms with Gasteiger partial charge >= 0.3 is 0 Å². The maximum absolute atomic E-state index is 12.7. The molecule has 0 bridgehead atoms. The molecule has 0 radical (unpaired) electrons. The summed E-state index contributed by atoms with van der Waals surface area (Å²) >= 11 is 0. The second kappa shape index (κ2) is 7.25. The minimum atomic E-state index is -0.682. The smallest absolute Gasteiger partial charge is 0.231 e. The third-order valence-corrected chi connectivity index (χ3v) is 4.64. The molecule has 7 heteroatoms. The Kier molecular flexibility index (Phi) is 5.06. The lowest BCUT2D eigenvalue weighted by Crippen LogP contribution is -2.38. The van der Waals surface area contributed by atoms with Gasteiger partial charge in [0.05, 0.1) is 19.1 Å². The number of fused-ring (bicyclic) bond motifs is 1. The van der Waals surface area contributed by atoms with Crippen LogP contribution in [0.2, 0.25) is 0 Å². The molecule has 3 N–H and O–H groups in total. The molecule has 134 valence electrons. The van der Waals surface area contributed by atoms with E-state index in [0.717, 1.165) is 16.5 Å². The number of carbonyl (C=O) groups excluding carboxylic acids is 2. The first-order chi connectivity index (χ1) is 11.9. The number of nitrogens with two attached hydrogens (primary N) is 1. The maximum Gasteiger partial charge on any atom is 0.231 e. The SMILES string of the molecule is Cn1cc(CC(=O)N2CCN(CC(N)=O)C[C@H](O)C2)c2ccccc21. The Morgan fingerprint density at radius 2 is 2.00 bits per heavy atom. The number of hydrogen-bond acceptors (Lipinski definition) is 4. The van der Waals surface area contributed by atoms with E-state index in [1.165, 1.54) is 0 Å². The molecular weight excluding hydrogens is 320 g/mol. The molecule has 0 aliphatic carbocycles. The number of rotatable bonds is 4. The van der Waals surface area contributed by atoms with Gasteiger partial charge in [0, 0.05) is 50.3 Å². The predicted molar refractivity (Wildman–Crippen MR) is 94.8 cm³/mol. The van der Waals surface area contributed by atoms with Gasteiger partial charge < -0.3 is 20.3 Å². The van der Waals surface area contributed by atoms with Gasteiger partial charge in [0.15, 0.2) is 0 Å². The Bertz CT molecular complexity index is 786. The van der Waals surface area contributed by atoms with Crippen LogP contribution in [0.3, 0.4) is 0 Å². The number of nitrogens with zero attached hydrogens (tertiary/aromatic N) is 3. The predicted octanol–water partition coefficient (Wildman–Crippen LogP) is -0.289. The number of aryl methyl sites for hydroxylation is 1. The number of benzene rings is 1. The second-order valence-corrected chi connectivity index (χ2v) is 6.65. The summed E-state index contributed by atoms with van der Waals surface area (Å²) in [6, 6.07) is 7.99. The summed E-state index contributed by atoms with van der Waals surface area (Å²) in [5.74, 6) is -0.445. The largest absolute Gasteiger partial charge is 0.390 e. The summed E-state index contributed by atoms with van der Waals surface area (Å²) < 4.78 is 2.02. The van der Waals surface area contributed by atoms with Crippen LogP contribution in [0, 0.1) is 0 Å². The van der Waals surface area contributed by atoms with Gasteiger partial charge in [-0.05, 0) is 11.6 Å². The van der Waals surface area contributed by atoms with Crippen molar-refractivity contribution in [1.82, 2.24) is 14.4 Å². The molecule has 1 aliphatic rings. The lowest BCUT2D eigenvalue weighted by Gasteiger charge is -2.21. The van der Waals surface area contributed by atoms with Crippen LogP contribution in [0.5, 0.6) is 0 Å². The number of para-hydroxylation sites is 1. The molecule has 25 heavy (non-hydrogen) atoms. The van der Waals surface area contributed by atoms with Crippen molar-refractivity contribution < 1.29 is 14.7 Å². The minimum Gasteiger partial charge on any atom is -0.390 e. The summed E-state index contributed by atoms with van der Waals surface area (Å²) in [5.41, 5.74) is 7.30. The monoisotopic (exact) mass is 344 g/mol. The molecule has 0 spiro atoms. The van der Waals surface area contributed by atoms with Gasteiger partial charge in [0.25, 0.3) is 0 Å².